The minimum Gasteiger partial charge on any atom is -0.321 e. The zero-order chi connectivity index (χ0) is 29.6. The van der Waals surface area contributed by atoms with E-state index in [4.69, 9.17) is 0 Å². The molecule has 0 aromatic heterocycles. The average Bonchev–Trinajstić information content (AvgIpc) is 3.67. The molecule has 7 nitrogen and oxygen atoms in total. The fourth-order valence-electron chi connectivity index (χ4n) is 6.66. The number of carbonyl (C=O) groups excluding carboxylic acids is 1. The molecule has 0 radical (unpaired) electrons. The van der Waals surface area contributed by atoms with Crippen molar-refractivity contribution < 1.29 is 30.8 Å². The zero-order valence-electron chi connectivity index (χ0n) is 22.6. The maximum Gasteiger partial charge on any atom is 0.419 e. The molecule has 12 heteroatoms. The van der Waals surface area contributed by atoms with E-state index in [0.717, 1.165) is 24.5 Å². The van der Waals surface area contributed by atoms with Gasteiger partial charge in [-0.2, -0.15) is 18.4 Å². The van der Waals surface area contributed by atoms with E-state index in [-0.39, 0.29) is 23.1 Å². The Labute approximate surface area is 237 Å². The fraction of sp³-hybridized carbons (Fsp3) is 0.517. The summed E-state index contributed by atoms with van der Waals surface area (Å²) in [6, 6.07) is 11.5. The van der Waals surface area contributed by atoms with Crippen molar-refractivity contribution in [1.82, 2.24) is 9.21 Å². The molecule has 41 heavy (non-hydrogen) atoms. The number of sulfonamides is 1. The largest absolute Gasteiger partial charge is 0.419 e. The first-order valence-electron chi connectivity index (χ1n) is 13.7. The Hall–Kier alpha value is -3.17. The second-order valence-corrected chi connectivity index (χ2v) is 13.5. The number of alkyl halides is 3. The summed E-state index contributed by atoms with van der Waals surface area (Å²) >= 11 is 0. The van der Waals surface area contributed by atoms with E-state index in [2.05, 4.69) is 11.4 Å². The summed E-state index contributed by atoms with van der Waals surface area (Å²) in [6.07, 6.45) is 0.527. The molecule has 220 valence electrons. The number of rotatable bonds is 6. The summed E-state index contributed by atoms with van der Waals surface area (Å²) in [5.74, 6) is -1.08. The third kappa shape index (κ3) is 6.21. The molecule has 1 aliphatic heterocycles. The molecule has 2 unspecified atom stereocenters. The number of nitrogens with one attached hydrogen (secondary N) is 1. The Morgan fingerprint density at radius 3 is 2.54 bits per heavy atom. The number of nitrogens with zero attached hydrogens (tertiary/aromatic N) is 3. The van der Waals surface area contributed by atoms with Gasteiger partial charge >= 0.3 is 12.2 Å². The van der Waals surface area contributed by atoms with Crippen LogP contribution in [-0.4, -0.2) is 55.6 Å². The molecule has 2 saturated carbocycles. The molecular weight excluding hydrogens is 560 g/mol. The number of halogens is 4. The van der Waals surface area contributed by atoms with Crippen LogP contribution in [-0.2, 0) is 21.6 Å². The maximum absolute atomic E-state index is 13.8. The van der Waals surface area contributed by atoms with Gasteiger partial charge in [-0.05, 0) is 91.7 Å². The van der Waals surface area contributed by atoms with Crippen molar-refractivity contribution >= 4 is 21.7 Å². The Balaban J connectivity index is 1.34. The van der Waals surface area contributed by atoms with Gasteiger partial charge < -0.3 is 10.2 Å². The van der Waals surface area contributed by atoms with E-state index in [1.165, 1.54) is 10.6 Å². The van der Waals surface area contributed by atoms with Crippen LogP contribution in [0.4, 0.5) is 28.0 Å². The molecule has 3 aliphatic rings. The summed E-state index contributed by atoms with van der Waals surface area (Å²) in [4.78, 5) is 15.3. The first kappa shape index (κ1) is 29.3. The molecular formula is C29H32F4N4O3S. The SMILES string of the molecule is CS(=O)(=O)N1CCC(CN(C(=O)Nc2ccc(F)c(C(F)(F)F)c2)C2CC[C@]3(c4cccc(C#N)c4)CC3C2)CC1. The summed E-state index contributed by atoms with van der Waals surface area (Å²) < 4.78 is 79.0. The number of anilines is 1. The van der Waals surface area contributed by atoms with Crippen molar-refractivity contribution in [3.8, 4) is 6.07 Å². The minimum atomic E-state index is -4.90. The van der Waals surface area contributed by atoms with Gasteiger partial charge in [-0.15, -0.1) is 0 Å². The number of benzene rings is 2. The van der Waals surface area contributed by atoms with E-state index in [0.29, 0.717) is 68.9 Å². The summed E-state index contributed by atoms with van der Waals surface area (Å²) in [5.41, 5.74) is 0.0875. The van der Waals surface area contributed by atoms with Crippen LogP contribution in [0.15, 0.2) is 42.5 Å². The van der Waals surface area contributed by atoms with Crippen molar-refractivity contribution in [2.45, 2.75) is 56.2 Å². The quantitative estimate of drug-likeness (QED) is 0.434. The standard InChI is InChI=1S/C29H32F4N4O3S/c1-41(39,40)36-11-8-19(9-12-36)18-37(27(38)35-23-5-6-26(30)25(15-23)29(31,32)33)24-7-10-28(16-22(28)14-24)21-4-2-3-20(13-21)17-34/h2-6,13,15,19,22,24H,7-12,14,16,18H2,1H3,(H,35,38)/t22?,24?,28-/m1/s1. The van der Waals surface area contributed by atoms with Crippen molar-refractivity contribution in [2.24, 2.45) is 11.8 Å². The molecule has 1 saturated heterocycles. The monoisotopic (exact) mass is 592 g/mol. The lowest BCUT2D eigenvalue weighted by Gasteiger charge is -2.40. The van der Waals surface area contributed by atoms with Crippen LogP contribution < -0.4 is 5.32 Å². The minimum absolute atomic E-state index is 0.0240. The fourth-order valence-corrected chi connectivity index (χ4v) is 7.53. The van der Waals surface area contributed by atoms with Crippen molar-refractivity contribution in [3.05, 3.63) is 65.0 Å². The molecule has 1 heterocycles. The van der Waals surface area contributed by atoms with Gasteiger partial charge in [-0.1, -0.05) is 12.1 Å². The number of carbonyl (C=O) groups is 1. The molecule has 3 atom stereocenters. The van der Waals surface area contributed by atoms with Gasteiger partial charge in [0.05, 0.1) is 23.5 Å². The van der Waals surface area contributed by atoms with Crippen LogP contribution in [0.25, 0.3) is 0 Å². The van der Waals surface area contributed by atoms with Crippen molar-refractivity contribution in [2.75, 3.05) is 31.2 Å². The van der Waals surface area contributed by atoms with Crippen LogP contribution in [0.2, 0.25) is 0 Å². The Morgan fingerprint density at radius 1 is 1.17 bits per heavy atom. The number of fused-ring (bicyclic) bond motifs is 1. The topological polar surface area (TPSA) is 93.5 Å². The maximum atomic E-state index is 13.8. The highest BCUT2D eigenvalue weighted by molar-refractivity contribution is 7.88. The first-order chi connectivity index (χ1) is 19.3. The molecule has 2 aliphatic carbocycles. The Morgan fingerprint density at radius 2 is 1.90 bits per heavy atom. The number of nitriles is 1. The highest BCUT2D eigenvalue weighted by Gasteiger charge is 2.58. The Bertz CT molecular complexity index is 1470. The van der Waals surface area contributed by atoms with Gasteiger partial charge in [0.1, 0.15) is 5.82 Å². The molecule has 2 amide bonds. The van der Waals surface area contributed by atoms with Crippen LogP contribution in [0.3, 0.4) is 0 Å². The second kappa shape index (κ2) is 10.9. The summed E-state index contributed by atoms with van der Waals surface area (Å²) in [7, 11) is -3.32. The van der Waals surface area contributed by atoms with E-state index in [1.54, 1.807) is 11.0 Å². The third-order valence-electron chi connectivity index (χ3n) is 9.00. The van der Waals surface area contributed by atoms with Crippen LogP contribution in [0.1, 0.15) is 55.2 Å². The second-order valence-electron chi connectivity index (χ2n) is 11.6. The summed E-state index contributed by atoms with van der Waals surface area (Å²) in [6.45, 7) is 1.03. The molecule has 1 N–H and O–H groups in total. The first-order valence-corrected chi connectivity index (χ1v) is 15.5. The van der Waals surface area contributed by atoms with Gasteiger partial charge in [-0.3, -0.25) is 0 Å². The van der Waals surface area contributed by atoms with Gasteiger partial charge in [0, 0.05) is 31.4 Å². The molecule has 0 spiro atoms. The molecule has 5 rings (SSSR count). The molecule has 2 aromatic rings. The summed E-state index contributed by atoms with van der Waals surface area (Å²) in [5, 5.41) is 11.9. The normalized spacial score (nSPS) is 25.2. The van der Waals surface area contributed by atoms with E-state index >= 15 is 0 Å². The van der Waals surface area contributed by atoms with E-state index in [1.807, 2.05) is 18.2 Å². The molecule has 3 fully saturated rings. The van der Waals surface area contributed by atoms with Crippen molar-refractivity contribution in [1.29, 1.82) is 5.26 Å². The van der Waals surface area contributed by atoms with Crippen LogP contribution in [0, 0.1) is 29.0 Å². The predicted octanol–water partition coefficient (Wildman–Crippen LogP) is 5.73. The van der Waals surface area contributed by atoms with Crippen molar-refractivity contribution in [3.63, 3.8) is 0 Å². The molecule has 2 aromatic carbocycles. The van der Waals surface area contributed by atoms with E-state index in [9.17, 15) is 36.0 Å². The number of hydrogen-bond donors (Lipinski definition) is 1. The van der Waals surface area contributed by atoms with Gasteiger partial charge in [0.2, 0.25) is 10.0 Å². The Kier molecular flexibility index (Phi) is 7.80. The van der Waals surface area contributed by atoms with Crippen LogP contribution >= 0.6 is 0 Å². The highest BCUT2D eigenvalue weighted by atomic mass is 32.2. The van der Waals surface area contributed by atoms with Gasteiger partial charge in [-0.25, -0.2) is 21.9 Å². The third-order valence-corrected chi connectivity index (χ3v) is 10.3. The van der Waals surface area contributed by atoms with Crippen LogP contribution in [0.5, 0.6) is 0 Å². The number of piperidine rings is 1. The lowest BCUT2D eigenvalue weighted by molar-refractivity contribution is -0.139. The van der Waals surface area contributed by atoms with Gasteiger partial charge in [0.25, 0.3) is 0 Å². The average molecular weight is 593 g/mol. The smallest absolute Gasteiger partial charge is 0.321 e. The zero-order valence-corrected chi connectivity index (χ0v) is 23.4. The predicted molar refractivity (Wildman–Crippen MR) is 145 cm³/mol. The van der Waals surface area contributed by atoms with Gasteiger partial charge in [0.15, 0.2) is 0 Å². The lowest BCUT2D eigenvalue weighted by atomic mass is 9.79. The van der Waals surface area contributed by atoms with E-state index < -0.39 is 33.6 Å². The number of amides is 2. The number of urea groups is 1. The highest BCUT2D eigenvalue weighted by Crippen LogP contribution is 2.63. The number of hydrogen-bond acceptors (Lipinski definition) is 4. The lowest BCUT2D eigenvalue weighted by Crippen LogP contribution is -2.49. The molecule has 0 bridgehead atoms.